The summed E-state index contributed by atoms with van der Waals surface area (Å²) in [4.78, 5) is 0. The third-order valence-corrected chi connectivity index (χ3v) is 2.83. The van der Waals surface area contributed by atoms with Crippen molar-refractivity contribution in [2.45, 2.75) is 32.9 Å². The van der Waals surface area contributed by atoms with E-state index in [4.69, 9.17) is 9.84 Å². The fourth-order valence-electron chi connectivity index (χ4n) is 1.69. The zero-order valence-electron chi connectivity index (χ0n) is 11.0. The molecule has 6 heteroatoms. The van der Waals surface area contributed by atoms with E-state index in [1.54, 1.807) is 4.68 Å². The molecule has 1 N–H and O–H groups in total. The SMILES string of the molecule is CCc1ccc(OCc2nnnn2CCCO)cc1. The molecule has 0 aliphatic heterocycles. The first-order valence-corrected chi connectivity index (χ1v) is 6.41. The Balaban J connectivity index is 1.92. The average molecular weight is 262 g/mol. The third-order valence-electron chi connectivity index (χ3n) is 2.83. The lowest BCUT2D eigenvalue weighted by Gasteiger charge is -2.07. The Morgan fingerprint density at radius 1 is 1.26 bits per heavy atom. The number of nitrogens with zero attached hydrogens (tertiary/aromatic N) is 4. The number of rotatable bonds is 7. The number of tetrazole rings is 1. The number of hydrogen-bond acceptors (Lipinski definition) is 5. The highest BCUT2D eigenvalue weighted by Gasteiger charge is 2.06. The summed E-state index contributed by atoms with van der Waals surface area (Å²) in [6, 6.07) is 7.98. The molecule has 0 atom stereocenters. The molecule has 0 unspecified atom stereocenters. The highest BCUT2D eigenvalue weighted by Crippen LogP contribution is 2.13. The van der Waals surface area contributed by atoms with Crippen molar-refractivity contribution in [1.82, 2.24) is 20.2 Å². The molecule has 1 aromatic carbocycles. The molecule has 0 radical (unpaired) electrons. The Morgan fingerprint density at radius 3 is 2.74 bits per heavy atom. The van der Waals surface area contributed by atoms with Crippen molar-refractivity contribution in [2.75, 3.05) is 6.61 Å². The summed E-state index contributed by atoms with van der Waals surface area (Å²) in [5, 5.41) is 20.2. The molecule has 0 amide bonds. The van der Waals surface area contributed by atoms with E-state index < -0.39 is 0 Å². The molecule has 0 saturated carbocycles. The molecule has 19 heavy (non-hydrogen) atoms. The monoisotopic (exact) mass is 262 g/mol. The molecule has 1 aromatic heterocycles. The third kappa shape index (κ3) is 3.75. The van der Waals surface area contributed by atoms with Crippen molar-refractivity contribution in [3.63, 3.8) is 0 Å². The van der Waals surface area contributed by atoms with Gasteiger partial charge in [-0.25, -0.2) is 4.68 Å². The van der Waals surface area contributed by atoms with Gasteiger partial charge in [-0.2, -0.15) is 0 Å². The van der Waals surface area contributed by atoms with Crippen molar-refractivity contribution in [3.8, 4) is 5.75 Å². The van der Waals surface area contributed by atoms with E-state index in [2.05, 4.69) is 22.4 Å². The van der Waals surface area contributed by atoms with Gasteiger partial charge in [0.15, 0.2) is 5.82 Å². The van der Waals surface area contributed by atoms with Gasteiger partial charge in [-0.15, -0.1) is 5.10 Å². The summed E-state index contributed by atoms with van der Waals surface area (Å²) >= 11 is 0. The first-order chi connectivity index (χ1) is 9.33. The number of benzene rings is 1. The van der Waals surface area contributed by atoms with Crippen LogP contribution in [0.4, 0.5) is 0 Å². The van der Waals surface area contributed by atoms with E-state index in [0.29, 0.717) is 25.4 Å². The van der Waals surface area contributed by atoms with Gasteiger partial charge in [-0.1, -0.05) is 19.1 Å². The fraction of sp³-hybridized carbons (Fsp3) is 0.462. The van der Waals surface area contributed by atoms with Gasteiger partial charge in [-0.05, 0) is 41.0 Å². The number of aliphatic hydroxyl groups is 1. The lowest BCUT2D eigenvalue weighted by molar-refractivity contribution is 0.263. The van der Waals surface area contributed by atoms with Gasteiger partial charge >= 0.3 is 0 Å². The molecule has 0 aliphatic carbocycles. The predicted octanol–water partition coefficient (Wildman–Crippen LogP) is 1.20. The molecular formula is C13H18N4O2. The topological polar surface area (TPSA) is 73.1 Å². The minimum absolute atomic E-state index is 0.124. The summed E-state index contributed by atoms with van der Waals surface area (Å²) in [7, 11) is 0. The molecule has 2 aromatic rings. The smallest absolute Gasteiger partial charge is 0.189 e. The number of ether oxygens (including phenoxy) is 1. The van der Waals surface area contributed by atoms with Crippen LogP contribution in [0.25, 0.3) is 0 Å². The van der Waals surface area contributed by atoms with Gasteiger partial charge in [-0.3, -0.25) is 0 Å². The van der Waals surface area contributed by atoms with Crippen LogP contribution in [0.1, 0.15) is 24.7 Å². The Morgan fingerprint density at radius 2 is 2.05 bits per heavy atom. The van der Waals surface area contributed by atoms with Crippen LogP contribution >= 0.6 is 0 Å². The maximum atomic E-state index is 8.80. The second-order valence-electron chi connectivity index (χ2n) is 4.18. The fourth-order valence-corrected chi connectivity index (χ4v) is 1.69. The Kier molecular flexibility index (Phi) is 4.85. The maximum Gasteiger partial charge on any atom is 0.189 e. The Labute approximate surface area is 112 Å². The van der Waals surface area contributed by atoms with Crippen molar-refractivity contribution >= 4 is 0 Å². The number of aryl methyl sites for hydroxylation is 2. The van der Waals surface area contributed by atoms with Crippen LogP contribution < -0.4 is 4.74 Å². The van der Waals surface area contributed by atoms with Crippen LogP contribution in [-0.2, 0) is 19.6 Å². The van der Waals surface area contributed by atoms with Crippen LogP contribution in [0, 0.1) is 0 Å². The van der Waals surface area contributed by atoms with Gasteiger partial charge < -0.3 is 9.84 Å². The zero-order chi connectivity index (χ0) is 13.5. The standard InChI is InChI=1S/C13H18N4O2/c1-2-11-4-6-12(7-5-11)19-10-13-14-15-16-17(13)8-3-9-18/h4-7,18H,2-3,8-10H2,1H3. The van der Waals surface area contributed by atoms with Crippen molar-refractivity contribution in [2.24, 2.45) is 0 Å². The molecule has 0 bridgehead atoms. The molecule has 6 nitrogen and oxygen atoms in total. The second-order valence-corrected chi connectivity index (χ2v) is 4.18. The summed E-state index contributed by atoms with van der Waals surface area (Å²) in [6.07, 6.45) is 1.64. The minimum Gasteiger partial charge on any atom is -0.486 e. The average Bonchev–Trinajstić information content (AvgIpc) is 2.91. The van der Waals surface area contributed by atoms with Crippen LogP contribution in [0.5, 0.6) is 5.75 Å². The molecule has 102 valence electrons. The predicted molar refractivity (Wildman–Crippen MR) is 69.7 cm³/mol. The Bertz CT molecular complexity index is 496. The van der Waals surface area contributed by atoms with E-state index in [9.17, 15) is 0 Å². The summed E-state index contributed by atoms with van der Waals surface area (Å²) in [6.45, 7) is 3.16. The van der Waals surface area contributed by atoms with Crippen molar-refractivity contribution in [1.29, 1.82) is 0 Å². The van der Waals surface area contributed by atoms with Crippen LogP contribution in [0.15, 0.2) is 24.3 Å². The van der Waals surface area contributed by atoms with Crippen molar-refractivity contribution in [3.05, 3.63) is 35.7 Å². The summed E-state index contributed by atoms with van der Waals surface area (Å²) in [5.41, 5.74) is 1.28. The van der Waals surface area contributed by atoms with E-state index in [1.165, 1.54) is 5.56 Å². The first kappa shape index (κ1) is 13.5. The van der Waals surface area contributed by atoms with E-state index in [0.717, 1.165) is 12.2 Å². The molecule has 2 rings (SSSR count). The summed E-state index contributed by atoms with van der Waals surface area (Å²) in [5.74, 6) is 1.46. The first-order valence-electron chi connectivity index (χ1n) is 6.41. The quantitative estimate of drug-likeness (QED) is 0.811. The van der Waals surface area contributed by atoms with Gasteiger partial charge in [0.2, 0.25) is 0 Å². The molecule has 0 aliphatic rings. The van der Waals surface area contributed by atoms with E-state index >= 15 is 0 Å². The van der Waals surface area contributed by atoms with Gasteiger partial charge in [0, 0.05) is 13.2 Å². The molecular weight excluding hydrogens is 244 g/mol. The molecule has 1 heterocycles. The van der Waals surface area contributed by atoms with Crippen LogP contribution in [0.3, 0.4) is 0 Å². The van der Waals surface area contributed by atoms with Crippen LogP contribution in [0.2, 0.25) is 0 Å². The minimum atomic E-state index is 0.124. The van der Waals surface area contributed by atoms with Gasteiger partial charge in [0.1, 0.15) is 12.4 Å². The maximum absolute atomic E-state index is 8.80. The zero-order valence-corrected chi connectivity index (χ0v) is 11.0. The highest BCUT2D eigenvalue weighted by atomic mass is 16.5. The normalized spacial score (nSPS) is 10.6. The lowest BCUT2D eigenvalue weighted by Crippen LogP contribution is -2.10. The molecule has 0 saturated heterocycles. The van der Waals surface area contributed by atoms with Gasteiger partial charge in [0.05, 0.1) is 0 Å². The van der Waals surface area contributed by atoms with Crippen molar-refractivity contribution < 1.29 is 9.84 Å². The van der Waals surface area contributed by atoms with E-state index in [1.807, 2.05) is 24.3 Å². The Hall–Kier alpha value is -1.95. The van der Waals surface area contributed by atoms with Gasteiger partial charge in [0.25, 0.3) is 0 Å². The van der Waals surface area contributed by atoms with Crippen LogP contribution in [-0.4, -0.2) is 31.9 Å². The second kappa shape index (κ2) is 6.84. The lowest BCUT2D eigenvalue weighted by atomic mass is 10.2. The molecule has 0 fully saturated rings. The largest absolute Gasteiger partial charge is 0.486 e. The van der Waals surface area contributed by atoms with E-state index in [-0.39, 0.29) is 6.61 Å². The highest BCUT2D eigenvalue weighted by molar-refractivity contribution is 5.27. The summed E-state index contributed by atoms with van der Waals surface area (Å²) < 4.78 is 7.29. The number of hydrogen-bond donors (Lipinski definition) is 1. The number of aromatic nitrogens is 4. The molecule has 0 spiro atoms. The number of aliphatic hydroxyl groups excluding tert-OH is 1.